The minimum atomic E-state index is 0.593. The van der Waals surface area contributed by atoms with Crippen LogP contribution in [-0.4, -0.2) is 10.00 Å². The van der Waals surface area contributed by atoms with Crippen LogP contribution in [0, 0.1) is 11.8 Å². The molecule has 3 atom stereocenters. The number of fused-ring (bicyclic) bond motifs is 2. The second-order valence-electron chi connectivity index (χ2n) is 4.75. The van der Waals surface area contributed by atoms with Gasteiger partial charge in [-0.1, -0.05) is 20.8 Å². The van der Waals surface area contributed by atoms with Crippen molar-refractivity contribution in [1.82, 2.24) is 0 Å². The molecule has 2 aliphatic rings. The summed E-state index contributed by atoms with van der Waals surface area (Å²) < 4.78 is 0.593. The first kappa shape index (κ1) is 7.97. The zero-order chi connectivity index (χ0) is 8.06. The van der Waals surface area contributed by atoms with Crippen molar-refractivity contribution < 1.29 is 0 Å². The fourth-order valence-electron chi connectivity index (χ4n) is 2.56. The molecule has 2 bridgehead atoms. The van der Waals surface area contributed by atoms with Gasteiger partial charge >= 0.3 is 0 Å². The number of rotatable bonds is 0. The number of hydrogen-bond donors (Lipinski definition) is 0. The van der Waals surface area contributed by atoms with E-state index in [4.69, 9.17) is 0 Å². The summed E-state index contributed by atoms with van der Waals surface area (Å²) >= 11 is 2.25. The molecule has 0 aromatic rings. The van der Waals surface area contributed by atoms with Gasteiger partial charge in [0, 0.05) is 10.00 Å². The van der Waals surface area contributed by atoms with Crippen molar-refractivity contribution in [2.24, 2.45) is 11.8 Å². The van der Waals surface area contributed by atoms with Crippen LogP contribution in [0.2, 0.25) is 0 Å². The number of hydrogen-bond acceptors (Lipinski definition) is 1. The molecule has 0 amide bonds. The van der Waals surface area contributed by atoms with Crippen molar-refractivity contribution in [2.45, 2.75) is 50.0 Å². The van der Waals surface area contributed by atoms with E-state index in [0.29, 0.717) is 4.75 Å². The molecule has 0 N–H and O–H groups in total. The summed E-state index contributed by atoms with van der Waals surface area (Å²) in [5, 5.41) is 0.990. The lowest BCUT2D eigenvalue weighted by molar-refractivity contribution is 0.290. The van der Waals surface area contributed by atoms with E-state index in [-0.39, 0.29) is 0 Å². The van der Waals surface area contributed by atoms with Gasteiger partial charge in [-0.2, -0.15) is 11.8 Å². The van der Waals surface area contributed by atoms with E-state index >= 15 is 0 Å². The Labute approximate surface area is 74.1 Å². The predicted octanol–water partition coefficient (Wildman–Crippen LogP) is 3.32. The minimum absolute atomic E-state index is 0.593. The molecule has 1 heterocycles. The summed E-state index contributed by atoms with van der Waals surface area (Å²) in [4.78, 5) is 0. The SMILES string of the molecule is CC1CCC2CC1SC2(C)C. The fraction of sp³-hybridized carbons (Fsp3) is 1.00. The second-order valence-corrected chi connectivity index (χ2v) is 6.64. The smallest absolute Gasteiger partial charge is 0.0135 e. The minimum Gasteiger partial charge on any atom is -0.152 e. The van der Waals surface area contributed by atoms with Crippen molar-refractivity contribution in [1.29, 1.82) is 0 Å². The van der Waals surface area contributed by atoms with E-state index in [1.165, 1.54) is 19.3 Å². The molecular formula is C10H18S. The van der Waals surface area contributed by atoms with Gasteiger partial charge in [-0.15, -0.1) is 0 Å². The van der Waals surface area contributed by atoms with E-state index in [1.807, 2.05) is 0 Å². The largest absolute Gasteiger partial charge is 0.152 e. The summed E-state index contributed by atoms with van der Waals surface area (Å²) in [6.07, 6.45) is 4.46. The highest BCUT2D eigenvalue weighted by molar-refractivity contribution is 8.01. The monoisotopic (exact) mass is 170 g/mol. The fourth-order valence-corrected chi connectivity index (χ4v) is 4.45. The Morgan fingerprint density at radius 2 is 2.00 bits per heavy atom. The molecule has 1 aliphatic heterocycles. The summed E-state index contributed by atoms with van der Waals surface area (Å²) in [5.74, 6) is 2.01. The van der Waals surface area contributed by atoms with Crippen molar-refractivity contribution in [2.75, 3.05) is 0 Å². The highest BCUT2D eigenvalue weighted by atomic mass is 32.2. The van der Waals surface area contributed by atoms with Crippen LogP contribution in [0.4, 0.5) is 0 Å². The molecule has 11 heavy (non-hydrogen) atoms. The van der Waals surface area contributed by atoms with Crippen molar-refractivity contribution in [3.8, 4) is 0 Å². The van der Waals surface area contributed by atoms with Crippen molar-refractivity contribution in [3.63, 3.8) is 0 Å². The average Bonchev–Trinajstić information content (AvgIpc) is 2.16. The molecule has 2 fully saturated rings. The van der Waals surface area contributed by atoms with Gasteiger partial charge in [0.15, 0.2) is 0 Å². The van der Waals surface area contributed by atoms with Gasteiger partial charge in [-0.3, -0.25) is 0 Å². The second kappa shape index (κ2) is 2.42. The highest BCUT2D eigenvalue weighted by Gasteiger charge is 2.45. The molecule has 1 heteroatoms. The zero-order valence-corrected chi connectivity index (χ0v) is 8.58. The summed E-state index contributed by atoms with van der Waals surface area (Å²) in [7, 11) is 0. The van der Waals surface area contributed by atoms with Crippen LogP contribution < -0.4 is 0 Å². The molecular weight excluding hydrogens is 152 g/mol. The van der Waals surface area contributed by atoms with Crippen LogP contribution in [0.25, 0.3) is 0 Å². The maximum Gasteiger partial charge on any atom is 0.0135 e. The predicted molar refractivity (Wildman–Crippen MR) is 52.0 cm³/mol. The van der Waals surface area contributed by atoms with Crippen LogP contribution in [0.15, 0.2) is 0 Å². The third-order valence-corrected chi connectivity index (χ3v) is 5.46. The Kier molecular flexibility index (Phi) is 1.75. The quantitative estimate of drug-likeness (QED) is 0.537. The lowest BCUT2D eigenvalue weighted by Crippen LogP contribution is -2.23. The molecule has 1 saturated heterocycles. The maximum atomic E-state index is 2.43. The van der Waals surface area contributed by atoms with Gasteiger partial charge in [0.05, 0.1) is 0 Å². The number of thioether (sulfide) groups is 1. The normalized spacial score (nSPS) is 47.7. The third-order valence-electron chi connectivity index (χ3n) is 3.56. The van der Waals surface area contributed by atoms with Gasteiger partial charge in [0.2, 0.25) is 0 Å². The molecule has 0 aromatic carbocycles. The highest BCUT2D eigenvalue weighted by Crippen LogP contribution is 2.55. The lowest BCUT2D eigenvalue weighted by atomic mass is 9.78. The van der Waals surface area contributed by atoms with E-state index in [9.17, 15) is 0 Å². The van der Waals surface area contributed by atoms with E-state index in [0.717, 1.165) is 17.1 Å². The van der Waals surface area contributed by atoms with Gasteiger partial charge < -0.3 is 0 Å². The van der Waals surface area contributed by atoms with E-state index < -0.39 is 0 Å². The first-order valence-corrected chi connectivity index (χ1v) is 5.65. The lowest BCUT2D eigenvalue weighted by Gasteiger charge is -2.26. The first-order chi connectivity index (χ1) is 5.09. The molecule has 0 spiro atoms. The van der Waals surface area contributed by atoms with E-state index in [2.05, 4.69) is 32.5 Å². The summed E-state index contributed by atoms with van der Waals surface area (Å²) in [6.45, 7) is 7.29. The Bertz CT molecular complexity index is 162. The maximum absolute atomic E-state index is 2.43. The molecule has 0 nitrogen and oxygen atoms in total. The molecule has 1 aliphatic carbocycles. The van der Waals surface area contributed by atoms with Crippen LogP contribution in [0.3, 0.4) is 0 Å². The molecule has 0 radical (unpaired) electrons. The molecule has 2 rings (SSSR count). The third kappa shape index (κ3) is 1.22. The molecule has 1 saturated carbocycles. The first-order valence-electron chi connectivity index (χ1n) is 4.77. The van der Waals surface area contributed by atoms with Crippen molar-refractivity contribution >= 4 is 11.8 Å². The van der Waals surface area contributed by atoms with Gasteiger partial charge in [0.25, 0.3) is 0 Å². The van der Waals surface area contributed by atoms with Gasteiger partial charge in [0.1, 0.15) is 0 Å². The van der Waals surface area contributed by atoms with Crippen LogP contribution in [0.1, 0.15) is 40.0 Å². The Hall–Kier alpha value is 0.350. The Morgan fingerprint density at radius 1 is 1.27 bits per heavy atom. The zero-order valence-electron chi connectivity index (χ0n) is 7.76. The standard InChI is InChI=1S/C10H18S/c1-7-4-5-8-6-9(7)11-10(8,2)3/h7-9H,4-6H2,1-3H3. The van der Waals surface area contributed by atoms with Crippen LogP contribution >= 0.6 is 11.8 Å². The van der Waals surface area contributed by atoms with Gasteiger partial charge in [-0.25, -0.2) is 0 Å². The Balaban J connectivity index is 2.16. The van der Waals surface area contributed by atoms with Crippen molar-refractivity contribution in [3.05, 3.63) is 0 Å². The van der Waals surface area contributed by atoms with Crippen LogP contribution in [0.5, 0.6) is 0 Å². The summed E-state index contributed by atoms with van der Waals surface area (Å²) in [5.41, 5.74) is 0. The average molecular weight is 170 g/mol. The Morgan fingerprint density at radius 3 is 2.64 bits per heavy atom. The van der Waals surface area contributed by atoms with E-state index in [1.54, 1.807) is 0 Å². The molecule has 0 aromatic heterocycles. The molecule has 3 unspecified atom stereocenters. The van der Waals surface area contributed by atoms with Gasteiger partial charge in [-0.05, 0) is 31.1 Å². The molecule has 64 valence electrons. The van der Waals surface area contributed by atoms with Crippen LogP contribution in [-0.2, 0) is 0 Å². The summed E-state index contributed by atoms with van der Waals surface area (Å²) in [6, 6.07) is 0. The topological polar surface area (TPSA) is 0 Å².